The Morgan fingerprint density at radius 2 is 1.78 bits per heavy atom. The van der Waals surface area contributed by atoms with E-state index in [1.807, 2.05) is 25.1 Å². The van der Waals surface area contributed by atoms with E-state index in [-0.39, 0.29) is 0 Å². The van der Waals surface area contributed by atoms with Crippen LogP contribution in [0.5, 0.6) is 17.2 Å². The highest BCUT2D eigenvalue weighted by Gasteiger charge is 2.09. The van der Waals surface area contributed by atoms with Crippen LogP contribution in [0.3, 0.4) is 0 Å². The summed E-state index contributed by atoms with van der Waals surface area (Å²) in [6, 6.07) is 10.9. The van der Waals surface area contributed by atoms with Crippen molar-refractivity contribution < 1.29 is 9.47 Å². The molecule has 0 aliphatic carbocycles. The first-order valence-electron chi connectivity index (χ1n) is 5.48. The van der Waals surface area contributed by atoms with E-state index < -0.39 is 0 Å². The predicted molar refractivity (Wildman–Crippen MR) is 73.7 cm³/mol. The number of para-hydroxylation sites is 1. The summed E-state index contributed by atoms with van der Waals surface area (Å²) in [4.78, 5) is 0. The van der Waals surface area contributed by atoms with Gasteiger partial charge in [0.15, 0.2) is 5.75 Å². The molecule has 94 valence electrons. The highest BCUT2D eigenvalue weighted by atomic mass is 35.5. The van der Waals surface area contributed by atoms with Gasteiger partial charge in [0.25, 0.3) is 0 Å². The molecular formula is C14H14ClNO2. The summed E-state index contributed by atoms with van der Waals surface area (Å²) in [5.41, 5.74) is 7.41. The number of hydrogen-bond donors (Lipinski definition) is 1. The van der Waals surface area contributed by atoms with Gasteiger partial charge in [-0.2, -0.15) is 0 Å². The first kappa shape index (κ1) is 12.6. The van der Waals surface area contributed by atoms with E-state index in [2.05, 4.69) is 0 Å². The van der Waals surface area contributed by atoms with Gasteiger partial charge in [0, 0.05) is 5.02 Å². The van der Waals surface area contributed by atoms with Crippen molar-refractivity contribution in [3.63, 3.8) is 0 Å². The Morgan fingerprint density at radius 1 is 1.06 bits per heavy atom. The van der Waals surface area contributed by atoms with E-state index in [4.69, 9.17) is 26.8 Å². The van der Waals surface area contributed by atoms with Crippen LogP contribution < -0.4 is 15.2 Å². The van der Waals surface area contributed by atoms with Crippen LogP contribution in [-0.2, 0) is 0 Å². The SMILES string of the molecule is COc1cccc(Oc2cc(Cl)ccc2C)c1N. The number of hydrogen-bond acceptors (Lipinski definition) is 3. The molecule has 0 spiro atoms. The highest BCUT2D eigenvalue weighted by Crippen LogP contribution is 2.36. The molecule has 2 N–H and O–H groups in total. The summed E-state index contributed by atoms with van der Waals surface area (Å²) in [6.07, 6.45) is 0. The molecule has 0 heterocycles. The van der Waals surface area contributed by atoms with E-state index in [0.29, 0.717) is 28.0 Å². The number of rotatable bonds is 3. The number of aryl methyl sites for hydroxylation is 1. The Balaban J connectivity index is 2.37. The Hall–Kier alpha value is -1.87. The molecule has 4 heteroatoms. The smallest absolute Gasteiger partial charge is 0.154 e. The molecule has 0 aliphatic heterocycles. The number of ether oxygens (including phenoxy) is 2. The van der Waals surface area contributed by atoms with Crippen molar-refractivity contribution in [2.75, 3.05) is 12.8 Å². The molecule has 18 heavy (non-hydrogen) atoms. The summed E-state index contributed by atoms with van der Waals surface area (Å²) in [5, 5.41) is 0.622. The van der Waals surface area contributed by atoms with Crippen molar-refractivity contribution in [2.45, 2.75) is 6.92 Å². The van der Waals surface area contributed by atoms with Gasteiger partial charge in [0.05, 0.1) is 7.11 Å². The van der Waals surface area contributed by atoms with Gasteiger partial charge in [-0.25, -0.2) is 0 Å². The second kappa shape index (κ2) is 5.19. The summed E-state index contributed by atoms with van der Waals surface area (Å²) < 4.78 is 10.9. The first-order valence-corrected chi connectivity index (χ1v) is 5.86. The number of nitrogen functional groups attached to an aromatic ring is 1. The summed E-state index contributed by atoms with van der Waals surface area (Å²) in [5.74, 6) is 1.83. The van der Waals surface area contributed by atoms with E-state index >= 15 is 0 Å². The number of benzene rings is 2. The van der Waals surface area contributed by atoms with Gasteiger partial charge >= 0.3 is 0 Å². The topological polar surface area (TPSA) is 44.5 Å². The van der Waals surface area contributed by atoms with Crippen LogP contribution in [0.1, 0.15) is 5.56 Å². The van der Waals surface area contributed by atoms with Gasteiger partial charge < -0.3 is 15.2 Å². The fraction of sp³-hybridized carbons (Fsp3) is 0.143. The molecule has 0 bridgehead atoms. The molecule has 0 saturated carbocycles. The van der Waals surface area contributed by atoms with Crippen LogP contribution in [0, 0.1) is 6.92 Å². The van der Waals surface area contributed by atoms with Gasteiger partial charge in [0.1, 0.15) is 17.2 Å². The maximum Gasteiger partial charge on any atom is 0.154 e. The highest BCUT2D eigenvalue weighted by molar-refractivity contribution is 6.30. The monoisotopic (exact) mass is 263 g/mol. The molecule has 2 aromatic carbocycles. The second-order valence-corrected chi connectivity index (χ2v) is 4.32. The van der Waals surface area contributed by atoms with E-state index in [0.717, 1.165) is 5.56 Å². The molecule has 0 atom stereocenters. The minimum absolute atomic E-state index is 0.472. The normalized spacial score (nSPS) is 10.2. The van der Waals surface area contributed by atoms with Crippen molar-refractivity contribution >= 4 is 17.3 Å². The summed E-state index contributed by atoms with van der Waals surface area (Å²) >= 11 is 5.95. The molecule has 0 fully saturated rings. The molecule has 0 unspecified atom stereocenters. The third kappa shape index (κ3) is 2.51. The maximum atomic E-state index is 5.95. The maximum absolute atomic E-state index is 5.95. The molecular weight excluding hydrogens is 250 g/mol. The zero-order chi connectivity index (χ0) is 13.1. The predicted octanol–water partition coefficient (Wildman–Crippen LogP) is 4.03. The molecule has 0 amide bonds. The average Bonchev–Trinajstić information content (AvgIpc) is 2.36. The van der Waals surface area contributed by atoms with Crippen molar-refractivity contribution in [3.05, 3.63) is 47.0 Å². The first-order chi connectivity index (χ1) is 8.61. The van der Waals surface area contributed by atoms with Crippen molar-refractivity contribution in [3.8, 4) is 17.2 Å². The lowest BCUT2D eigenvalue weighted by Gasteiger charge is -2.13. The average molecular weight is 264 g/mol. The molecule has 0 radical (unpaired) electrons. The molecule has 0 aliphatic rings. The Labute approximate surface area is 111 Å². The minimum atomic E-state index is 0.472. The van der Waals surface area contributed by atoms with Crippen LogP contribution in [0.15, 0.2) is 36.4 Å². The second-order valence-electron chi connectivity index (χ2n) is 3.88. The van der Waals surface area contributed by atoms with Crippen LogP contribution in [-0.4, -0.2) is 7.11 Å². The van der Waals surface area contributed by atoms with Crippen LogP contribution in [0.4, 0.5) is 5.69 Å². The van der Waals surface area contributed by atoms with Gasteiger partial charge in [-0.15, -0.1) is 0 Å². The zero-order valence-electron chi connectivity index (χ0n) is 10.2. The number of nitrogens with two attached hydrogens (primary N) is 1. The Morgan fingerprint density at radius 3 is 2.50 bits per heavy atom. The van der Waals surface area contributed by atoms with Crippen LogP contribution in [0.2, 0.25) is 5.02 Å². The number of anilines is 1. The van der Waals surface area contributed by atoms with Gasteiger partial charge in [-0.05, 0) is 36.8 Å². The van der Waals surface area contributed by atoms with Crippen molar-refractivity contribution in [2.24, 2.45) is 0 Å². The third-order valence-electron chi connectivity index (χ3n) is 2.62. The van der Waals surface area contributed by atoms with E-state index in [1.165, 1.54) is 0 Å². The summed E-state index contributed by atoms with van der Waals surface area (Å²) in [6.45, 7) is 1.95. The quantitative estimate of drug-likeness (QED) is 0.851. The molecule has 2 rings (SSSR count). The van der Waals surface area contributed by atoms with Gasteiger partial charge in [0.2, 0.25) is 0 Å². The fourth-order valence-electron chi connectivity index (χ4n) is 1.59. The van der Waals surface area contributed by atoms with E-state index in [1.54, 1.807) is 25.3 Å². The largest absolute Gasteiger partial charge is 0.494 e. The lowest BCUT2D eigenvalue weighted by molar-refractivity contribution is 0.412. The van der Waals surface area contributed by atoms with Gasteiger partial charge in [-0.3, -0.25) is 0 Å². The van der Waals surface area contributed by atoms with Crippen molar-refractivity contribution in [1.82, 2.24) is 0 Å². The van der Waals surface area contributed by atoms with Gasteiger partial charge in [-0.1, -0.05) is 23.7 Å². The zero-order valence-corrected chi connectivity index (χ0v) is 11.0. The summed E-state index contributed by atoms with van der Waals surface area (Å²) in [7, 11) is 1.57. The Bertz CT molecular complexity index is 570. The number of halogens is 1. The molecule has 0 aromatic heterocycles. The van der Waals surface area contributed by atoms with Crippen LogP contribution >= 0.6 is 11.6 Å². The van der Waals surface area contributed by atoms with Crippen LogP contribution in [0.25, 0.3) is 0 Å². The lowest BCUT2D eigenvalue weighted by atomic mass is 10.2. The van der Waals surface area contributed by atoms with Crippen molar-refractivity contribution in [1.29, 1.82) is 0 Å². The standard InChI is InChI=1S/C14H14ClNO2/c1-9-6-7-10(15)8-13(9)18-12-5-3-4-11(17-2)14(12)16/h3-8H,16H2,1-2H3. The van der Waals surface area contributed by atoms with E-state index in [9.17, 15) is 0 Å². The fourth-order valence-corrected chi connectivity index (χ4v) is 1.76. The molecule has 2 aromatic rings. The third-order valence-corrected chi connectivity index (χ3v) is 2.85. The lowest BCUT2D eigenvalue weighted by Crippen LogP contribution is -1.96. The number of methoxy groups -OCH3 is 1. The Kier molecular flexibility index (Phi) is 3.63. The molecule has 0 saturated heterocycles. The minimum Gasteiger partial charge on any atom is -0.494 e. The molecule has 3 nitrogen and oxygen atoms in total.